The zero-order chi connectivity index (χ0) is 19.1. The summed E-state index contributed by atoms with van der Waals surface area (Å²) in [5.41, 5.74) is 18.0. The van der Waals surface area contributed by atoms with E-state index in [0.29, 0.717) is 0 Å². The number of allylic oxidation sites excluding steroid dienone is 4. The molecule has 3 N–H and O–H groups in total. The number of nitrogens with two attached hydrogens (primary N) is 1. The molecule has 1 aromatic heterocycles. The zero-order valence-electron chi connectivity index (χ0n) is 16.0. The predicted molar refractivity (Wildman–Crippen MR) is 117 cm³/mol. The van der Waals surface area contributed by atoms with Crippen LogP contribution in [0.4, 0.5) is 11.4 Å². The summed E-state index contributed by atoms with van der Waals surface area (Å²) in [5.74, 6) is 0. The standard InChI is InChI=1S/C25H23N3/c1-16-5-2-3-7-23(16)28-25-14-18(10-11-22(25)26)17-8-9-19-15-24-20(21(19)13-17)6-4-12-27-24/h2,4-6,8-14,28H,3,7,15,26H2,1H3. The molecular weight excluding hydrogens is 342 g/mol. The quantitative estimate of drug-likeness (QED) is 0.442. The fourth-order valence-electron chi connectivity index (χ4n) is 4.12. The Hall–Kier alpha value is -3.33. The van der Waals surface area contributed by atoms with Crippen molar-refractivity contribution in [2.24, 2.45) is 0 Å². The van der Waals surface area contributed by atoms with Gasteiger partial charge in [0.1, 0.15) is 0 Å². The second-order valence-corrected chi connectivity index (χ2v) is 7.58. The molecule has 1 heterocycles. The van der Waals surface area contributed by atoms with Crippen LogP contribution in [-0.2, 0) is 6.42 Å². The summed E-state index contributed by atoms with van der Waals surface area (Å²) in [7, 11) is 0. The van der Waals surface area contributed by atoms with Crippen molar-refractivity contribution in [3.8, 4) is 22.3 Å². The van der Waals surface area contributed by atoms with Crippen molar-refractivity contribution in [3.05, 3.63) is 89.4 Å². The average Bonchev–Trinajstić information content (AvgIpc) is 3.09. The minimum Gasteiger partial charge on any atom is -0.397 e. The van der Waals surface area contributed by atoms with Crippen LogP contribution >= 0.6 is 0 Å². The summed E-state index contributed by atoms with van der Waals surface area (Å²) in [6.45, 7) is 2.14. The highest BCUT2D eigenvalue weighted by atomic mass is 14.9. The summed E-state index contributed by atoms with van der Waals surface area (Å²) in [6, 6.07) is 17.2. The van der Waals surface area contributed by atoms with Gasteiger partial charge >= 0.3 is 0 Å². The number of fused-ring (bicyclic) bond motifs is 3. The average molecular weight is 365 g/mol. The lowest BCUT2D eigenvalue weighted by atomic mass is 9.98. The van der Waals surface area contributed by atoms with Crippen LogP contribution in [-0.4, -0.2) is 4.98 Å². The van der Waals surface area contributed by atoms with Crippen molar-refractivity contribution in [2.75, 3.05) is 11.1 Å². The molecule has 0 saturated heterocycles. The molecule has 0 radical (unpaired) electrons. The van der Waals surface area contributed by atoms with Crippen molar-refractivity contribution < 1.29 is 0 Å². The van der Waals surface area contributed by atoms with Crippen LogP contribution in [0.5, 0.6) is 0 Å². The Balaban J connectivity index is 1.52. The van der Waals surface area contributed by atoms with Gasteiger partial charge in [-0.1, -0.05) is 36.4 Å². The number of hydrogen-bond acceptors (Lipinski definition) is 3. The van der Waals surface area contributed by atoms with E-state index in [2.05, 4.69) is 65.8 Å². The van der Waals surface area contributed by atoms with Gasteiger partial charge in [-0.25, -0.2) is 0 Å². The van der Waals surface area contributed by atoms with Gasteiger partial charge in [-0.15, -0.1) is 0 Å². The first kappa shape index (κ1) is 16.8. The fourth-order valence-corrected chi connectivity index (χ4v) is 4.12. The number of nitrogens with zero attached hydrogens (tertiary/aromatic N) is 1. The minimum atomic E-state index is 0.773. The molecule has 0 atom stereocenters. The molecule has 2 aliphatic rings. The molecule has 0 unspecified atom stereocenters. The lowest BCUT2D eigenvalue weighted by Crippen LogP contribution is -2.06. The Morgan fingerprint density at radius 2 is 1.86 bits per heavy atom. The van der Waals surface area contributed by atoms with Gasteiger partial charge in [-0.3, -0.25) is 4.98 Å². The van der Waals surface area contributed by atoms with Crippen molar-refractivity contribution in [3.63, 3.8) is 0 Å². The number of benzene rings is 2. The SMILES string of the molecule is CC1=C(Nc2cc(-c3ccc4c(c3)-c3cccnc3C4)ccc2N)CCC=C1. The largest absolute Gasteiger partial charge is 0.397 e. The minimum absolute atomic E-state index is 0.773. The molecule has 3 aromatic rings. The maximum Gasteiger partial charge on any atom is 0.0621 e. The second-order valence-electron chi connectivity index (χ2n) is 7.58. The first-order valence-corrected chi connectivity index (χ1v) is 9.79. The zero-order valence-corrected chi connectivity index (χ0v) is 16.0. The number of pyridine rings is 1. The highest BCUT2D eigenvalue weighted by Gasteiger charge is 2.19. The van der Waals surface area contributed by atoms with Gasteiger partial charge in [-0.05, 0) is 71.9 Å². The number of hydrogen-bond donors (Lipinski definition) is 2. The molecule has 0 amide bonds. The van der Waals surface area contributed by atoms with E-state index in [4.69, 9.17) is 5.73 Å². The first-order valence-electron chi connectivity index (χ1n) is 9.79. The molecule has 0 bridgehead atoms. The van der Waals surface area contributed by atoms with E-state index in [-0.39, 0.29) is 0 Å². The molecule has 28 heavy (non-hydrogen) atoms. The highest BCUT2D eigenvalue weighted by Crippen LogP contribution is 2.38. The van der Waals surface area contributed by atoms with Crippen molar-refractivity contribution in [1.29, 1.82) is 0 Å². The fraction of sp³-hybridized carbons (Fsp3) is 0.160. The van der Waals surface area contributed by atoms with Crippen LogP contribution in [0.2, 0.25) is 0 Å². The molecule has 3 heteroatoms. The van der Waals surface area contributed by atoms with E-state index in [0.717, 1.165) is 30.6 Å². The summed E-state index contributed by atoms with van der Waals surface area (Å²) in [6.07, 6.45) is 9.28. The van der Waals surface area contributed by atoms with Crippen molar-refractivity contribution in [2.45, 2.75) is 26.2 Å². The molecule has 2 aromatic carbocycles. The van der Waals surface area contributed by atoms with Crippen LogP contribution < -0.4 is 11.1 Å². The molecular formula is C25H23N3. The maximum absolute atomic E-state index is 6.27. The van der Waals surface area contributed by atoms with E-state index in [9.17, 15) is 0 Å². The third kappa shape index (κ3) is 2.89. The van der Waals surface area contributed by atoms with Gasteiger partial charge in [0, 0.05) is 23.9 Å². The number of nitrogens with one attached hydrogen (secondary N) is 1. The normalized spacial score (nSPS) is 14.8. The van der Waals surface area contributed by atoms with Gasteiger partial charge in [0.15, 0.2) is 0 Å². The summed E-state index contributed by atoms with van der Waals surface area (Å²) in [4.78, 5) is 4.54. The Morgan fingerprint density at radius 1 is 1.00 bits per heavy atom. The van der Waals surface area contributed by atoms with Crippen LogP contribution in [0.25, 0.3) is 22.3 Å². The number of rotatable bonds is 3. The lowest BCUT2D eigenvalue weighted by molar-refractivity contribution is 0.945. The van der Waals surface area contributed by atoms with Gasteiger partial charge < -0.3 is 11.1 Å². The summed E-state index contributed by atoms with van der Waals surface area (Å²) < 4.78 is 0. The molecule has 0 fully saturated rings. The summed E-state index contributed by atoms with van der Waals surface area (Å²) >= 11 is 0. The highest BCUT2D eigenvalue weighted by molar-refractivity contribution is 5.83. The smallest absolute Gasteiger partial charge is 0.0621 e. The Labute approximate surface area is 165 Å². The number of nitrogen functional groups attached to an aromatic ring is 1. The van der Waals surface area contributed by atoms with Gasteiger partial charge in [0.25, 0.3) is 0 Å². The van der Waals surface area contributed by atoms with Crippen LogP contribution in [0.1, 0.15) is 31.0 Å². The van der Waals surface area contributed by atoms with E-state index >= 15 is 0 Å². The van der Waals surface area contributed by atoms with Crippen molar-refractivity contribution in [1.82, 2.24) is 4.98 Å². The van der Waals surface area contributed by atoms with E-state index < -0.39 is 0 Å². The first-order chi connectivity index (χ1) is 13.7. The van der Waals surface area contributed by atoms with Gasteiger partial charge in [0.2, 0.25) is 0 Å². The van der Waals surface area contributed by atoms with E-state index in [1.165, 1.54) is 44.8 Å². The molecule has 0 spiro atoms. The molecule has 0 aliphatic heterocycles. The number of anilines is 2. The van der Waals surface area contributed by atoms with Crippen LogP contribution in [0, 0.1) is 0 Å². The van der Waals surface area contributed by atoms with Gasteiger partial charge in [-0.2, -0.15) is 0 Å². The molecule has 138 valence electrons. The Bertz CT molecular complexity index is 1140. The molecule has 5 rings (SSSR count). The summed E-state index contributed by atoms with van der Waals surface area (Å²) in [5, 5.41) is 3.57. The Kier molecular flexibility index (Phi) is 4.01. The topological polar surface area (TPSA) is 50.9 Å². The number of aromatic nitrogens is 1. The third-order valence-electron chi connectivity index (χ3n) is 5.73. The monoisotopic (exact) mass is 365 g/mol. The Morgan fingerprint density at radius 3 is 2.75 bits per heavy atom. The van der Waals surface area contributed by atoms with Gasteiger partial charge in [0.05, 0.1) is 17.1 Å². The van der Waals surface area contributed by atoms with Crippen LogP contribution in [0.3, 0.4) is 0 Å². The molecule has 2 aliphatic carbocycles. The maximum atomic E-state index is 6.27. The predicted octanol–water partition coefficient (Wildman–Crippen LogP) is 5.94. The van der Waals surface area contributed by atoms with Crippen LogP contribution in [0.15, 0.2) is 78.1 Å². The third-order valence-corrected chi connectivity index (χ3v) is 5.73. The van der Waals surface area contributed by atoms with Crippen molar-refractivity contribution >= 4 is 11.4 Å². The molecule has 3 nitrogen and oxygen atoms in total. The van der Waals surface area contributed by atoms with E-state index in [1.54, 1.807) is 0 Å². The lowest BCUT2D eigenvalue weighted by Gasteiger charge is -2.18. The molecule has 0 saturated carbocycles. The van der Waals surface area contributed by atoms with E-state index in [1.807, 2.05) is 18.3 Å². The second kappa shape index (κ2) is 6.68.